The molecule has 2 atom stereocenters. The zero-order chi connectivity index (χ0) is 24.9. The van der Waals surface area contributed by atoms with E-state index >= 15 is 0 Å². The van der Waals surface area contributed by atoms with Crippen LogP contribution in [0.4, 0.5) is 5.69 Å². The molecule has 11 nitrogen and oxygen atoms in total. The molecule has 0 spiro atoms. The Morgan fingerprint density at radius 1 is 1.21 bits per heavy atom. The van der Waals surface area contributed by atoms with Gasteiger partial charge < -0.3 is 10.1 Å². The van der Waals surface area contributed by atoms with E-state index in [0.717, 1.165) is 18.6 Å². The lowest BCUT2D eigenvalue weighted by Crippen LogP contribution is -2.32. The molecule has 0 radical (unpaired) electrons. The zero-order valence-corrected chi connectivity index (χ0v) is 20.5. The number of benzene rings is 1. The van der Waals surface area contributed by atoms with E-state index in [1.54, 1.807) is 20.8 Å². The van der Waals surface area contributed by atoms with Crippen molar-refractivity contribution in [2.45, 2.75) is 77.9 Å². The fourth-order valence-electron chi connectivity index (χ4n) is 2.91. The molecule has 0 aliphatic heterocycles. The van der Waals surface area contributed by atoms with Gasteiger partial charge in [0.05, 0.1) is 4.92 Å². The Hall–Kier alpha value is -2.99. The van der Waals surface area contributed by atoms with Gasteiger partial charge in [0, 0.05) is 36.3 Å². The van der Waals surface area contributed by atoms with Gasteiger partial charge in [-0.3, -0.25) is 14.9 Å². The molecule has 2 rings (SSSR count). The number of nitro groups is 1. The summed E-state index contributed by atoms with van der Waals surface area (Å²) >= 11 is 0. The van der Waals surface area contributed by atoms with Gasteiger partial charge in [0.15, 0.2) is 5.69 Å². The molecular weight excluding hydrogens is 450 g/mol. The molecule has 0 unspecified atom stereocenters. The Morgan fingerprint density at radius 3 is 2.39 bits per heavy atom. The lowest BCUT2D eigenvalue weighted by Gasteiger charge is -2.16. The van der Waals surface area contributed by atoms with Gasteiger partial charge in [0.2, 0.25) is 15.9 Å². The van der Waals surface area contributed by atoms with Crippen molar-refractivity contribution in [3.63, 3.8) is 0 Å². The minimum absolute atomic E-state index is 0.0499. The van der Waals surface area contributed by atoms with E-state index in [2.05, 4.69) is 15.1 Å². The summed E-state index contributed by atoms with van der Waals surface area (Å²) in [5, 5.41) is 18.4. The first-order chi connectivity index (χ1) is 15.4. The Bertz CT molecular complexity index is 1130. The minimum atomic E-state index is -4.13. The topological polar surface area (TPSA) is 145 Å². The lowest BCUT2D eigenvalue weighted by molar-refractivity contribution is -0.385. The molecule has 2 aromatic rings. The number of aromatic nitrogens is 2. The number of aryl methyl sites for hydroxylation is 1. The van der Waals surface area contributed by atoms with Crippen molar-refractivity contribution in [3.05, 3.63) is 39.6 Å². The van der Waals surface area contributed by atoms with E-state index in [1.165, 1.54) is 10.7 Å². The summed E-state index contributed by atoms with van der Waals surface area (Å²) in [6.45, 7) is 11.1. The molecule has 33 heavy (non-hydrogen) atoms. The molecule has 182 valence electrons. The maximum Gasteiger partial charge on any atom is 0.272 e. The average Bonchev–Trinajstić information content (AvgIpc) is 3.08. The summed E-state index contributed by atoms with van der Waals surface area (Å²) in [4.78, 5) is 22.9. The second-order valence-electron chi connectivity index (χ2n) is 7.80. The smallest absolute Gasteiger partial charge is 0.272 e. The number of non-ortho nitro benzene ring substituents is 1. The molecule has 1 heterocycles. The van der Waals surface area contributed by atoms with E-state index in [1.807, 2.05) is 20.8 Å². The number of hydrogen-bond acceptors (Lipinski definition) is 7. The second-order valence-corrected chi connectivity index (χ2v) is 9.48. The number of ether oxygens (including phenoxy) is 1. The predicted octanol–water partition coefficient (Wildman–Crippen LogP) is 3.52. The number of carbonyl (C=O) groups is 1. The number of nitrogens with zero attached hydrogens (tertiary/aromatic N) is 3. The van der Waals surface area contributed by atoms with Crippen LogP contribution in [0, 0.1) is 17.0 Å². The van der Waals surface area contributed by atoms with Gasteiger partial charge in [0.1, 0.15) is 10.6 Å². The third-order valence-electron chi connectivity index (χ3n) is 5.24. The molecular formula is C21H31N5O6S. The standard InChI is InChI=1S/C21H31N5O6S/c1-7-13(4)22-20(27)19-15(6)21(25(9-3)23-19)32-17-11-10-16(26(28)29)12-18(17)33(30,31)24-14(5)8-2/h10-14,24H,7-9H2,1-6H3,(H,22,27)/t13-,14+/m0/s1. The first-order valence-corrected chi connectivity index (χ1v) is 12.3. The molecule has 0 aliphatic rings. The largest absolute Gasteiger partial charge is 0.438 e. The summed E-state index contributed by atoms with van der Waals surface area (Å²) in [7, 11) is -4.13. The zero-order valence-electron chi connectivity index (χ0n) is 19.7. The molecule has 2 N–H and O–H groups in total. The van der Waals surface area contributed by atoms with Crippen LogP contribution in [-0.2, 0) is 16.6 Å². The van der Waals surface area contributed by atoms with Crippen molar-refractivity contribution in [3.8, 4) is 11.6 Å². The maximum absolute atomic E-state index is 13.0. The number of nitrogens with one attached hydrogen (secondary N) is 2. The van der Waals surface area contributed by atoms with Gasteiger partial charge in [-0.1, -0.05) is 13.8 Å². The third kappa shape index (κ3) is 6.08. The number of sulfonamides is 1. The highest BCUT2D eigenvalue weighted by Gasteiger charge is 2.28. The molecule has 1 aromatic carbocycles. The van der Waals surface area contributed by atoms with Crippen LogP contribution in [0.3, 0.4) is 0 Å². The molecule has 12 heteroatoms. The second kappa shape index (κ2) is 10.8. The maximum atomic E-state index is 13.0. The van der Waals surface area contributed by atoms with Crippen LogP contribution >= 0.6 is 0 Å². The minimum Gasteiger partial charge on any atom is -0.438 e. The van der Waals surface area contributed by atoms with E-state index < -0.39 is 14.9 Å². The molecule has 0 fully saturated rings. The SMILES string of the molecule is CC[C@@H](C)NS(=O)(=O)c1cc([N+](=O)[O-])ccc1Oc1c(C)c(C(=O)N[C@@H](C)CC)nn1CC. The van der Waals surface area contributed by atoms with Crippen molar-refractivity contribution in [2.24, 2.45) is 0 Å². The Balaban J connectivity index is 2.56. The Labute approximate surface area is 193 Å². The molecule has 0 bridgehead atoms. The monoisotopic (exact) mass is 481 g/mol. The first kappa shape index (κ1) is 26.3. The summed E-state index contributed by atoms with van der Waals surface area (Å²) in [5.74, 6) is -0.294. The Kier molecular flexibility index (Phi) is 8.56. The van der Waals surface area contributed by atoms with Gasteiger partial charge in [0.25, 0.3) is 11.6 Å². The summed E-state index contributed by atoms with van der Waals surface area (Å²) in [6, 6.07) is 2.91. The highest BCUT2D eigenvalue weighted by molar-refractivity contribution is 7.89. The molecule has 0 saturated carbocycles. The quantitative estimate of drug-likeness (QED) is 0.369. The highest BCUT2D eigenvalue weighted by Crippen LogP contribution is 2.34. The first-order valence-electron chi connectivity index (χ1n) is 10.8. The number of rotatable bonds is 11. The summed E-state index contributed by atoms with van der Waals surface area (Å²) in [6.07, 6.45) is 1.27. The Morgan fingerprint density at radius 2 is 1.85 bits per heavy atom. The molecule has 0 saturated heterocycles. The van der Waals surface area contributed by atoms with Crippen LogP contribution < -0.4 is 14.8 Å². The number of nitro benzene ring substituents is 1. The number of carbonyl (C=O) groups excluding carboxylic acids is 1. The van der Waals surface area contributed by atoms with Gasteiger partial charge in [-0.2, -0.15) is 5.10 Å². The normalized spacial score (nSPS) is 13.4. The van der Waals surface area contributed by atoms with Crippen molar-refractivity contribution in [2.75, 3.05) is 0 Å². The van der Waals surface area contributed by atoms with E-state index in [9.17, 15) is 23.3 Å². The fraction of sp³-hybridized carbons (Fsp3) is 0.524. The predicted molar refractivity (Wildman–Crippen MR) is 123 cm³/mol. The molecule has 0 aliphatic carbocycles. The number of hydrogen-bond donors (Lipinski definition) is 2. The number of amides is 1. The summed E-state index contributed by atoms with van der Waals surface area (Å²) in [5.41, 5.74) is 0.201. The van der Waals surface area contributed by atoms with Crippen molar-refractivity contribution < 1.29 is 22.9 Å². The van der Waals surface area contributed by atoms with Crippen LogP contribution in [0.1, 0.15) is 63.5 Å². The molecule has 1 amide bonds. The van der Waals surface area contributed by atoms with E-state index in [-0.39, 0.29) is 45.9 Å². The van der Waals surface area contributed by atoms with Gasteiger partial charge in [-0.05, 0) is 46.6 Å². The van der Waals surface area contributed by atoms with E-state index in [4.69, 9.17) is 4.74 Å². The average molecular weight is 482 g/mol. The van der Waals surface area contributed by atoms with Crippen molar-refractivity contribution in [1.29, 1.82) is 0 Å². The highest BCUT2D eigenvalue weighted by atomic mass is 32.2. The summed E-state index contributed by atoms with van der Waals surface area (Å²) < 4.78 is 35.9. The van der Waals surface area contributed by atoms with Crippen LogP contribution in [0.2, 0.25) is 0 Å². The van der Waals surface area contributed by atoms with Gasteiger partial charge in [-0.15, -0.1) is 0 Å². The molecule has 1 aromatic heterocycles. The third-order valence-corrected chi connectivity index (χ3v) is 6.85. The van der Waals surface area contributed by atoms with Crippen LogP contribution in [0.15, 0.2) is 23.1 Å². The fourth-order valence-corrected chi connectivity index (χ4v) is 4.38. The van der Waals surface area contributed by atoms with Gasteiger partial charge in [-0.25, -0.2) is 17.8 Å². The van der Waals surface area contributed by atoms with Gasteiger partial charge >= 0.3 is 0 Å². The lowest BCUT2D eigenvalue weighted by atomic mass is 10.2. The van der Waals surface area contributed by atoms with Crippen LogP contribution in [0.25, 0.3) is 0 Å². The van der Waals surface area contributed by atoms with Crippen LogP contribution in [-0.4, -0.2) is 41.1 Å². The van der Waals surface area contributed by atoms with E-state index in [0.29, 0.717) is 18.5 Å². The van der Waals surface area contributed by atoms with Crippen molar-refractivity contribution >= 4 is 21.6 Å². The van der Waals surface area contributed by atoms with Crippen LogP contribution in [0.5, 0.6) is 11.6 Å². The van der Waals surface area contributed by atoms with Crippen molar-refractivity contribution in [1.82, 2.24) is 19.8 Å².